The van der Waals surface area contributed by atoms with Crippen LogP contribution in [0.25, 0.3) is 10.9 Å². The Morgan fingerprint density at radius 3 is 2.80 bits per heavy atom. The van der Waals surface area contributed by atoms with Gasteiger partial charge >= 0.3 is 6.18 Å². The van der Waals surface area contributed by atoms with Gasteiger partial charge in [0.1, 0.15) is 0 Å². The van der Waals surface area contributed by atoms with E-state index in [0.717, 1.165) is 5.39 Å². The van der Waals surface area contributed by atoms with Gasteiger partial charge in [0.25, 0.3) is 5.91 Å². The van der Waals surface area contributed by atoms with Gasteiger partial charge in [-0.1, -0.05) is 30.3 Å². The first-order chi connectivity index (χ1) is 14.2. The van der Waals surface area contributed by atoms with E-state index in [1.54, 1.807) is 24.4 Å². The van der Waals surface area contributed by atoms with Gasteiger partial charge in [0.2, 0.25) is 5.91 Å². The van der Waals surface area contributed by atoms with E-state index in [0.29, 0.717) is 17.5 Å². The van der Waals surface area contributed by atoms with E-state index >= 15 is 0 Å². The molecule has 1 aromatic carbocycles. The second-order valence-corrected chi connectivity index (χ2v) is 7.06. The Bertz CT molecular complexity index is 1070. The van der Waals surface area contributed by atoms with Crippen molar-refractivity contribution in [3.8, 4) is 0 Å². The highest BCUT2D eigenvalue weighted by Crippen LogP contribution is 2.39. The number of fused-ring (bicyclic) bond motifs is 1. The van der Waals surface area contributed by atoms with Crippen LogP contribution in [0.3, 0.4) is 0 Å². The Kier molecular flexibility index (Phi) is 6.31. The molecule has 1 aliphatic rings. The number of aromatic amines is 1. The Balaban J connectivity index is 1.61. The van der Waals surface area contributed by atoms with Crippen LogP contribution in [-0.4, -0.2) is 34.7 Å². The fourth-order valence-electron chi connectivity index (χ4n) is 3.03. The maximum Gasteiger partial charge on any atom is 0.414 e. The number of rotatable bonds is 5. The van der Waals surface area contributed by atoms with Gasteiger partial charge < -0.3 is 10.6 Å². The van der Waals surface area contributed by atoms with Gasteiger partial charge in [0.05, 0.1) is 28.9 Å². The van der Waals surface area contributed by atoms with Gasteiger partial charge in [-0.25, -0.2) is 0 Å². The zero-order valence-electron chi connectivity index (χ0n) is 15.7. The third kappa shape index (κ3) is 4.91. The van der Waals surface area contributed by atoms with Crippen LogP contribution in [0.15, 0.2) is 58.9 Å². The van der Waals surface area contributed by atoms with Gasteiger partial charge in [-0.05, 0) is 31.4 Å². The first kappa shape index (κ1) is 21.6. The molecular formula is C20H18ClF3N4O2. The largest absolute Gasteiger partial charge is 0.414 e. The summed E-state index contributed by atoms with van der Waals surface area (Å²) in [5, 5.41) is 11.8. The third-order valence-corrected chi connectivity index (χ3v) is 4.98. The molecule has 1 aliphatic carbocycles. The summed E-state index contributed by atoms with van der Waals surface area (Å²) < 4.78 is 39.5. The molecule has 1 heterocycles. The second kappa shape index (κ2) is 8.74. The summed E-state index contributed by atoms with van der Waals surface area (Å²) in [4.78, 5) is 24.4. The lowest BCUT2D eigenvalue weighted by Crippen LogP contribution is -2.36. The van der Waals surface area contributed by atoms with E-state index in [4.69, 9.17) is 11.6 Å². The summed E-state index contributed by atoms with van der Waals surface area (Å²) in [6.07, 6.45) is -0.988. The zero-order valence-corrected chi connectivity index (χ0v) is 16.5. The molecule has 30 heavy (non-hydrogen) atoms. The number of halogens is 4. The molecule has 0 unspecified atom stereocenters. The van der Waals surface area contributed by atoms with E-state index in [2.05, 4.69) is 27.4 Å². The molecule has 1 aromatic heterocycles. The minimum Gasteiger partial charge on any atom is -0.343 e. The van der Waals surface area contributed by atoms with Crippen LogP contribution < -0.4 is 10.6 Å². The lowest BCUT2D eigenvalue weighted by Gasteiger charge is -2.16. The Morgan fingerprint density at radius 2 is 2.07 bits per heavy atom. The van der Waals surface area contributed by atoms with Crippen LogP contribution >= 0.6 is 11.6 Å². The first-order valence-corrected chi connectivity index (χ1v) is 9.41. The number of allylic oxidation sites excluding steroid dienone is 3. The highest BCUT2D eigenvalue weighted by molar-refractivity contribution is 6.33. The van der Waals surface area contributed by atoms with Crippen molar-refractivity contribution in [2.45, 2.75) is 25.4 Å². The van der Waals surface area contributed by atoms with Crippen LogP contribution in [0.1, 0.15) is 29.6 Å². The van der Waals surface area contributed by atoms with Crippen molar-refractivity contribution in [3.05, 3.63) is 64.5 Å². The second-order valence-electron chi connectivity index (χ2n) is 6.68. The number of hydrogen-bond acceptors (Lipinski definition) is 3. The molecule has 0 aliphatic heterocycles. The minimum atomic E-state index is -4.56. The van der Waals surface area contributed by atoms with Crippen LogP contribution in [0.5, 0.6) is 0 Å². The fraction of sp³-hybridized carbons (Fsp3) is 0.250. The molecule has 3 N–H and O–H groups in total. The van der Waals surface area contributed by atoms with E-state index in [1.807, 2.05) is 0 Å². The SMILES string of the molecule is C=C(NC(=O)CNC(=O)c1ccc2cn[nH]c2c1)C1=CCCCC(C(F)(F)F)=C1Cl. The maximum atomic E-state index is 13.2. The minimum absolute atomic E-state index is 0.0332. The highest BCUT2D eigenvalue weighted by Gasteiger charge is 2.37. The standard InChI is InChI=1S/C20H18ClF3N4O2/c1-11(14-4-2-3-5-15(18(14)21)20(22,23)24)27-17(29)10-25-19(30)12-6-7-13-9-26-28-16(13)8-12/h4,6-9H,1-3,5,10H2,(H,25,30)(H,26,28)(H,27,29). The third-order valence-electron chi connectivity index (χ3n) is 4.55. The molecular weight excluding hydrogens is 421 g/mol. The van der Waals surface area contributed by atoms with Gasteiger partial charge in [-0.2, -0.15) is 18.3 Å². The molecule has 3 rings (SSSR count). The molecule has 0 bridgehead atoms. The van der Waals surface area contributed by atoms with Crippen molar-refractivity contribution in [1.29, 1.82) is 0 Å². The number of amides is 2. The van der Waals surface area contributed by atoms with Crippen molar-refractivity contribution < 1.29 is 22.8 Å². The summed E-state index contributed by atoms with van der Waals surface area (Å²) in [7, 11) is 0. The summed E-state index contributed by atoms with van der Waals surface area (Å²) in [6, 6.07) is 4.89. The quantitative estimate of drug-likeness (QED) is 0.657. The average molecular weight is 439 g/mol. The molecule has 10 heteroatoms. The van der Waals surface area contributed by atoms with E-state index in [9.17, 15) is 22.8 Å². The van der Waals surface area contributed by atoms with Crippen molar-refractivity contribution >= 4 is 34.3 Å². The molecule has 6 nitrogen and oxygen atoms in total. The molecule has 158 valence electrons. The Morgan fingerprint density at radius 1 is 1.30 bits per heavy atom. The molecule has 2 amide bonds. The summed E-state index contributed by atoms with van der Waals surface area (Å²) in [6.45, 7) is 3.24. The van der Waals surface area contributed by atoms with Crippen molar-refractivity contribution in [3.63, 3.8) is 0 Å². The Labute approximate surface area is 174 Å². The first-order valence-electron chi connectivity index (χ1n) is 9.03. The highest BCUT2D eigenvalue weighted by atomic mass is 35.5. The van der Waals surface area contributed by atoms with Gasteiger partial charge in [0.15, 0.2) is 0 Å². The number of aromatic nitrogens is 2. The van der Waals surface area contributed by atoms with Crippen molar-refractivity contribution in [2.75, 3.05) is 6.54 Å². The number of benzene rings is 1. The van der Waals surface area contributed by atoms with E-state index < -0.39 is 28.6 Å². The number of nitrogens with zero attached hydrogens (tertiary/aromatic N) is 1. The molecule has 0 saturated heterocycles. The number of H-pyrrole nitrogens is 1. The van der Waals surface area contributed by atoms with Crippen LogP contribution in [0, 0.1) is 0 Å². The van der Waals surface area contributed by atoms with Crippen LogP contribution in [-0.2, 0) is 4.79 Å². The number of hydrogen-bond donors (Lipinski definition) is 3. The number of carbonyl (C=O) groups excluding carboxylic acids is 2. The predicted octanol–water partition coefficient (Wildman–Crippen LogP) is 4.09. The van der Waals surface area contributed by atoms with Crippen molar-refractivity contribution in [2.24, 2.45) is 0 Å². The molecule has 0 spiro atoms. The number of alkyl halides is 3. The Hall–Kier alpha value is -3.07. The van der Waals surface area contributed by atoms with Crippen molar-refractivity contribution in [1.82, 2.24) is 20.8 Å². The summed E-state index contributed by atoms with van der Waals surface area (Å²) in [5.41, 5.74) is 0.131. The molecule has 2 aromatic rings. The normalized spacial score (nSPS) is 14.9. The van der Waals surface area contributed by atoms with E-state index in [-0.39, 0.29) is 30.7 Å². The number of carbonyl (C=O) groups is 2. The van der Waals surface area contributed by atoms with E-state index in [1.165, 1.54) is 6.08 Å². The lowest BCUT2D eigenvalue weighted by molar-refractivity contribution is -0.119. The molecule has 0 atom stereocenters. The van der Waals surface area contributed by atoms with Gasteiger partial charge in [-0.3, -0.25) is 14.7 Å². The van der Waals surface area contributed by atoms with Crippen LogP contribution in [0.2, 0.25) is 0 Å². The lowest BCUT2D eigenvalue weighted by atomic mass is 10.1. The van der Waals surface area contributed by atoms with Gasteiger partial charge in [-0.15, -0.1) is 0 Å². The fourth-order valence-corrected chi connectivity index (χ4v) is 3.42. The van der Waals surface area contributed by atoms with Gasteiger partial charge in [0, 0.05) is 22.2 Å². The molecule has 0 fully saturated rings. The van der Waals surface area contributed by atoms with Crippen LogP contribution in [0.4, 0.5) is 13.2 Å². The summed E-state index contributed by atoms with van der Waals surface area (Å²) >= 11 is 5.96. The molecule has 0 saturated carbocycles. The average Bonchev–Trinajstić information content (AvgIpc) is 3.05. The summed E-state index contributed by atoms with van der Waals surface area (Å²) in [5.74, 6) is -1.13. The number of nitrogens with one attached hydrogen (secondary N) is 3. The monoisotopic (exact) mass is 438 g/mol. The molecule has 0 radical (unpaired) electrons. The predicted molar refractivity (Wildman–Crippen MR) is 107 cm³/mol. The smallest absolute Gasteiger partial charge is 0.343 e. The topological polar surface area (TPSA) is 86.9 Å². The maximum absolute atomic E-state index is 13.2. The zero-order chi connectivity index (χ0) is 21.9.